The van der Waals surface area contributed by atoms with E-state index in [4.69, 9.17) is 0 Å². The van der Waals surface area contributed by atoms with Crippen LogP contribution >= 0.6 is 11.8 Å². The van der Waals surface area contributed by atoms with Crippen molar-refractivity contribution in [1.29, 1.82) is 0 Å². The monoisotopic (exact) mass is 396 g/mol. The van der Waals surface area contributed by atoms with E-state index in [0.29, 0.717) is 25.3 Å². The first-order chi connectivity index (χ1) is 13.3. The van der Waals surface area contributed by atoms with Crippen LogP contribution in [-0.2, 0) is 21.5 Å². The minimum absolute atomic E-state index is 0.0448. The van der Waals surface area contributed by atoms with Crippen molar-refractivity contribution < 1.29 is 9.59 Å². The molecule has 148 valence electrons. The van der Waals surface area contributed by atoms with E-state index in [1.165, 1.54) is 5.56 Å². The molecule has 0 unspecified atom stereocenters. The van der Waals surface area contributed by atoms with Crippen LogP contribution in [0.1, 0.15) is 38.3 Å². The average molecular weight is 397 g/mol. The van der Waals surface area contributed by atoms with E-state index in [1.807, 2.05) is 31.3 Å². The van der Waals surface area contributed by atoms with E-state index in [1.54, 1.807) is 21.6 Å². The first kappa shape index (κ1) is 20.5. The lowest BCUT2D eigenvalue weighted by molar-refractivity contribution is -0.130. The van der Waals surface area contributed by atoms with Crippen molar-refractivity contribution in [3.05, 3.63) is 59.7 Å². The molecule has 0 bridgehead atoms. The molecule has 2 aromatic rings. The summed E-state index contributed by atoms with van der Waals surface area (Å²) < 4.78 is 0. The molecular weight excluding hydrogens is 368 g/mol. The normalized spacial score (nSPS) is 14.0. The second kappa shape index (κ2) is 8.39. The minimum Gasteiger partial charge on any atom is -0.341 e. The summed E-state index contributed by atoms with van der Waals surface area (Å²) in [7, 11) is 1.82. The van der Waals surface area contributed by atoms with E-state index >= 15 is 0 Å². The molecule has 2 aromatic carbocycles. The molecule has 0 saturated carbocycles. The van der Waals surface area contributed by atoms with Gasteiger partial charge in [0.05, 0.1) is 11.4 Å². The van der Waals surface area contributed by atoms with Crippen LogP contribution in [0, 0.1) is 0 Å². The van der Waals surface area contributed by atoms with E-state index in [9.17, 15) is 9.59 Å². The van der Waals surface area contributed by atoms with Crippen LogP contribution < -0.4 is 4.90 Å². The number of rotatable bonds is 5. The number of anilines is 1. The lowest BCUT2D eigenvalue weighted by atomic mass is 9.87. The lowest BCUT2D eigenvalue weighted by Crippen LogP contribution is -2.38. The fourth-order valence-corrected chi connectivity index (χ4v) is 4.21. The Kier molecular flexibility index (Phi) is 6.14. The SMILES string of the molecule is CN(Cc1ccc(C(C)(C)C)cc1)C(=O)CCN1C(=O)CSc2ccccc21. The number of benzene rings is 2. The molecule has 5 heteroatoms. The molecule has 0 saturated heterocycles. The Morgan fingerprint density at radius 2 is 1.79 bits per heavy atom. The molecule has 0 radical (unpaired) electrons. The summed E-state index contributed by atoms with van der Waals surface area (Å²) in [6.07, 6.45) is 0.321. The maximum absolute atomic E-state index is 12.6. The van der Waals surface area contributed by atoms with Gasteiger partial charge < -0.3 is 9.80 Å². The number of carbonyl (C=O) groups is 2. The second-order valence-electron chi connectivity index (χ2n) is 8.25. The zero-order valence-corrected chi connectivity index (χ0v) is 17.9. The fourth-order valence-electron chi connectivity index (χ4n) is 3.27. The van der Waals surface area contributed by atoms with Gasteiger partial charge in [0, 0.05) is 31.5 Å². The van der Waals surface area contributed by atoms with Gasteiger partial charge in [-0.2, -0.15) is 0 Å². The maximum Gasteiger partial charge on any atom is 0.237 e. The molecule has 3 rings (SSSR count). The molecule has 1 aliphatic heterocycles. The predicted molar refractivity (Wildman–Crippen MR) is 116 cm³/mol. The average Bonchev–Trinajstić information content (AvgIpc) is 2.66. The third-order valence-corrected chi connectivity index (χ3v) is 6.07. The summed E-state index contributed by atoms with van der Waals surface area (Å²) in [5.41, 5.74) is 3.43. The third kappa shape index (κ3) is 4.76. The second-order valence-corrected chi connectivity index (χ2v) is 9.27. The molecule has 1 heterocycles. The molecule has 1 aliphatic rings. The van der Waals surface area contributed by atoms with Crippen LogP contribution in [0.25, 0.3) is 0 Å². The quantitative estimate of drug-likeness (QED) is 0.749. The number of carbonyl (C=O) groups excluding carboxylic acids is 2. The molecule has 2 amide bonds. The van der Waals surface area contributed by atoms with Gasteiger partial charge in [0.1, 0.15) is 0 Å². The molecule has 0 aromatic heterocycles. The highest BCUT2D eigenvalue weighted by Gasteiger charge is 2.25. The number of hydrogen-bond acceptors (Lipinski definition) is 3. The van der Waals surface area contributed by atoms with Crippen LogP contribution in [0.3, 0.4) is 0 Å². The van der Waals surface area contributed by atoms with E-state index in [-0.39, 0.29) is 17.2 Å². The van der Waals surface area contributed by atoms with Crippen molar-refractivity contribution >= 4 is 29.3 Å². The number of nitrogens with zero attached hydrogens (tertiary/aromatic N) is 2. The molecule has 0 spiro atoms. The molecule has 28 heavy (non-hydrogen) atoms. The first-order valence-electron chi connectivity index (χ1n) is 9.61. The highest BCUT2D eigenvalue weighted by molar-refractivity contribution is 8.00. The highest BCUT2D eigenvalue weighted by Crippen LogP contribution is 2.34. The standard InChI is InChI=1S/C23H28N2O2S/c1-23(2,3)18-11-9-17(10-12-18)15-24(4)21(26)13-14-25-19-7-5-6-8-20(19)28-16-22(25)27/h5-12H,13-16H2,1-4H3. The molecule has 4 nitrogen and oxygen atoms in total. The van der Waals surface area contributed by atoms with Gasteiger partial charge in [-0.15, -0.1) is 11.8 Å². The van der Waals surface area contributed by atoms with Gasteiger partial charge in [0.15, 0.2) is 0 Å². The Hall–Kier alpha value is -2.27. The lowest BCUT2D eigenvalue weighted by Gasteiger charge is -2.29. The number of amides is 2. The molecule has 0 atom stereocenters. The Morgan fingerprint density at radius 3 is 2.46 bits per heavy atom. The van der Waals surface area contributed by atoms with Crippen LogP contribution in [0.2, 0.25) is 0 Å². The van der Waals surface area contributed by atoms with Gasteiger partial charge >= 0.3 is 0 Å². The zero-order valence-electron chi connectivity index (χ0n) is 17.1. The van der Waals surface area contributed by atoms with Gasteiger partial charge in [-0.3, -0.25) is 9.59 Å². The molecular formula is C23H28N2O2S. The van der Waals surface area contributed by atoms with Crippen molar-refractivity contribution in [1.82, 2.24) is 4.90 Å². The summed E-state index contributed by atoms with van der Waals surface area (Å²) in [6, 6.07) is 16.3. The number of thioether (sulfide) groups is 1. The summed E-state index contributed by atoms with van der Waals surface area (Å²) in [4.78, 5) is 29.5. The van der Waals surface area contributed by atoms with Crippen molar-refractivity contribution in [2.45, 2.75) is 44.0 Å². The van der Waals surface area contributed by atoms with Gasteiger partial charge in [-0.1, -0.05) is 57.2 Å². The Labute approximate surface area is 171 Å². The number of para-hydroxylation sites is 1. The minimum atomic E-state index is 0.0448. The Bertz CT molecular complexity index is 856. The van der Waals surface area contributed by atoms with E-state index in [0.717, 1.165) is 16.1 Å². The molecule has 0 aliphatic carbocycles. The highest BCUT2D eigenvalue weighted by atomic mass is 32.2. The largest absolute Gasteiger partial charge is 0.341 e. The van der Waals surface area contributed by atoms with Gasteiger partial charge in [0.2, 0.25) is 11.8 Å². The fraction of sp³-hybridized carbons (Fsp3) is 0.391. The van der Waals surface area contributed by atoms with Crippen molar-refractivity contribution in [2.24, 2.45) is 0 Å². The van der Waals surface area contributed by atoms with Crippen LogP contribution in [0.15, 0.2) is 53.4 Å². The smallest absolute Gasteiger partial charge is 0.237 e. The summed E-state index contributed by atoms with van der Waals surface area (Å²) in [6.45, 7) is 7.56. The zero-order chi connectivity index (χ0) is 20.3. The summed E-state index contributed by atoms with van der Waals surface area (Å²) >= 11 is 1.56. The maximum atomic E-state index is 12.6. The van der Waals surface area contributed by atoms with Gasteiger partial charge in [-0.05, 0) is 28.7 Å². The molecule has 0 fully saturated rings. The Balaban J connectivity index is 1.58. The Morgan fingerprint density at radius 1 is 1.11 bits per heavy atom. The van der Waals surface area contributed by atoms with Crippen molar-refractivity contribution in [3.63, 3.8) is 0 Å². The van der Waals surface area contributed by atoms with Crippen molar-refractivity contribution in [3.8, 4) is 0 Å². The van der Waals surface area contributed by atoms with Crippen molar-refractivity contribution in [2.75, 3.05) is 24.2 Å². The number of hydrogen-bond donors (Lipinski definition) is 0. The third-order valence-electron chi connectivity index (χ3n) is 5.02. The summed E-state index contributed by atoms with van der Waals surface area (Å²) in [5.74, 6) is 0.543. The van der Waals surface area contributed by atoms with Gasteiger partial charge in [-0.25, -0.2) is 0 Å². The predicted octanol–water partition coefficient (Wildman–Crippen LogP) is 4.47. The topological polar surface area (TPSA) is 40.6 Å². The van der Waals surface area contributed by atoms with E-state index in [2.05, 4.69) is 45.0 Å². The van der Waals surface area contributed by atoms with Crippen LogP contribution in [0.4, 0.5) is 5.69 Å². The van der Waals surface area contributed by atoms with E-state index < -0.39 is 0 Å². The summed E-state index contributed by atoms with van der Waals surface area (Å²) in [5, 5.41) is 0. The van der Waals surface area contributed by atoms with Crippen LogP contribution in [-0.4, -0.2) is 36.1 Å². The first-order valence-corrected chi connectivity index (χ1v) is 10.6. The van der Waals surface area contributed by atoms with Crippen LogP contribution in [0.5, 0.6) is 0 Å². The van der Waals surface area contributed by atoms with Gasteiger partial charge in [0.25, 0.3) is 0 Å². The number of fused-ring (bicyclic) bond motifs is 1. The molecule has 0 N–H and O–H groups in total.